The van der Waals surface area contributed by atoms with Gasteiger partial charge in [0.05, 0.1) is 0 Å². The summed E-state index contributed by atoms with van der Waals surface area (Å²) in [6.45, 7) is 7.44. The second-order valence-corrected chi connectivity index (χ2v) is 3.93. The van der Waals surface area contributed by atoms with Gasteiger partial charge in [0.15, 0.2) is 0 Å². The Balaban J connectivity index is 0.000000268. The van der Waals surface area contributed by atoms with Crippen LogP contribution in [0.1, 0.15) is 11.1 Å². The zero-order valence-electron chi connectivity index (χ0n) is 11.6. The van der Waals surface area contributed by atoms with Crippen molar-refractivity contribution < 1.29 is 26.2 Å². The van der Waals surface area contributed by atoms with E-state index in [0.29, 0.717) is 0 Å². The van der Waals surface area contributed by atoms with Crippen molar-refractivity contribution in [1.82, 2.24) is 0 Å². The monoisotopic (exact) mass is 337 g/mol. The fourth-order valence-electron chi connectivity index (χ4n) is 1.28. The Morgan fingerprint density at radius 3 is 1.05 bits per heavy atom. The van der Waals surface area contributed by atoms with E-state index < -0.39 is 0 Å². The fourth-order valence-corrected chi connectivity index (χ4v) is 1.28. The average Bonchev–Trinajstić information content (AvgIpc) is 3.00. The summed E-state index contributed by atoms with van der Waals surface area (Å²) in [5.41, 5.74) is 2.14. The first-order valence-corrected chi connectivity index (χ1v) is 6.20. The van der Waals surface area contributed by atoms with Crippen molar-refractivity contribution in [2.24, 2.45) is 0 Å². The van der Waals surface area contributed by atoms with Gasteiger partial charge < -0.3 is 0 Å². The van der Waals surface area contributed by atoms with E-state index in [1.807, 2.05) is 91.0 Å². The number of rotatable bonds is 0. The van der Waals surface area contributed by atoms with Gasteiger partial charge in [-0.3, -0.25) is 0 Å². The second-order valence-electron chi connectivity index (χ2n) is 3.93. The number of hydrogen-bond acceptors (Lipinski definition) is 0. The van der Waals surface area contributed by atoms with E-state index in [4.69, 9.17) is 0 Å². The molecule has 1 radical (unpaired) electrons. The molecule has 0 aliphatic heterocycles. The van der Waals surface area contributed by atoms with Crippen molar-refractivity contribution in [2.45, 2.75) is 0 Å². The Hall–Kier alpha value is -1.59. The van der Waals surface area contributed by atoms with Gasteiger partial charge in [0.1, 0.15) is 0 Å². The Morgan fingerprint density at radius 1 is 0.550 bits per heavy atom. The summed E-state index contributed by atoms with van der Waals surface area (Å²) in [6, 6.07) is 29.7. The summed E-state index contributed by atoms with van der Waals surface area (Å²) in [5, 5.41) is 0. The van der Waals surface area contributed by atoms with Gasteiger partial charge in [-0.15, -0.1) is 24.3 Å². The average molecular weight is 339 g/mol. The zero-order valence-corrected chi connectivity index (χ0v) is 14.0. The molecule has 0 saturated heterocycles. The standard InChI is InChI=1S/2C7H7.C5H5.Zr/c2*1-7-5-3-2-4-6-7;1-2-4-5-3-1;/h2*2-6H,1H2;1-5H;/q3*-1;+3. The maximum atomic E-state index is 3.72. The molecule has 3 aromatic rings. The van der Waals surface area contributed by atoms with Crippen molar-refractivity contribution in [3.63, 3.8) is 0 Å². The minimum Gasteiger partial charge on any atom is -0.214 e. The molecule has 3 aromatic carbocycles. The van der Waals surface area contributed by atoms with Crippen molar-refractivity contribution in [3.05, 3.63) is 116 Å². The molecule has 0 amide bonds. The Bertz CT molecular complexity index is 443. The van der Waals surface area contributed by atoms with Crippen LogP contribution < -0.4 is 0 Å². The van der Waals surface area contributed by atoms with E-state index in [9.17, 15) is 0 Å². The van der Waals surface area contributed by atoms with Crippen LogP contribution in [0.15, 0.2) is 91.0 Å². The van der Waals surface area contributed by atoms with E-state index in [1.54, 1.807) is 0 Å². The fraction of sp³-hybridized carbons (Fsp3) is 0. The van der Waals surface area contributed by atoms with Gasteiger partial charge in [0.2, 0.25) is 0 Å². The van der Waals surface area contributed by atoms with E-state index in [1.165, 1.54) is 0 Å². The summed E-state index contributed by atoms with van der Waals surface area (Å²) in [6.07, 6.45) is 0. The third-order valence-corrected chi connectivity index (χ3v) is 2.24. The van der Waals surface area contributed by atoms with Crippen LogP contribution in [0, 0.1) is 13.8 Å². The number of benzene rings is 2. The molecule has 0 heterocycles. The van der Waals surface area contributed by atoms with Crippen LogP contribution in [0.2, 0.25) is 0 Å². The summed E-state index contributed by atoms with van der Waals surface area (Å²) in [7, 11) is 0. The van der Waals surface area contributed by atoms with E-state index in [0.717, 1.165) is 11.1 Å². The first-order chi connectivity index (χ1) is 9.29. The van der Waals surface area contributed by atoms with Crippen molar-refractivity contribution in [3.8, 4) is 0 Å². The molecule has 0 aromatic heterocycles. The quantitative estimate of drug-likeness (QED) is 0.498. The van der Waals surface area contributed by atoms with Gasteiger partial charge in [-0.2, -0.15) is 67.4 Å². The molecule has 0 atom stereocenters. The van der Waals surface area contributed by atoms with Gasteiger partial charge in [-0.05, 0) is 0 Å². The first-order valence-electron chi connectivity index (χ1n) is 6.20. The molecule has 0 N–H and O–H groups in total. The van der Waals surface area contributed by atoms with Gasteiger partial charge in [-0.25, -0.2) is 12.1 Å². The van der Waals surface area contributed by atoms with Crippen LogP contribution in [0.5, 0.6) is 0 Å². The predicted octanol–water partition coefficient (Wildman–Crippen LogP) is 5.14. The molecule has 99 valence electrons. The van der Waals surface area contributed by atoms with Crippen LogP contribution in [-0.2, 0) is 26.2 Å². The van der Waals surface area contributed by atoms with Crippen LogP contribution in [0.25, 0.3) is 0 Å². The topological polar surface area (TPSA) is 0 Å². The maximum absolute atomic E-state index is 3.72. The van der Waals surface area contributed by atoms with E-state index in [2.05, 4.69) is 13.8 Å². The Morgan fingerprint density at radius 2 is 0.900 bits per heavy atom. The van der Waals surface area contributed by atoms with Gasteiger partial charge in [0.25, 0.3) is 0 Å². The summed E-state index contributed by atoms with van der Waals surface area (Å²) in [5.74, 6) is 0. The van der Waals surface area contributed by atoms with Gasteiger partial charge in [0, 0.05) is 0 Å². The van der Waals surface area contributed by atoms with Crippen LogP contribution in [-0.4, -0.2) is 0 Å². The summed E-state index contributed by atoms with van der Waals surface area (Å²) < 4.78 is 0. The normalized spacial score (nSPS) is 8.00. The second kappa shape index (κ2) is 12.4. The minimum atomic E-state index is 0. The molecule has 0 fully saturated rings. The van der Waals surface area contributed by atoms with Crippen LogP contribution >= 0.6 is 0 Å². The van der Waals surface area contributed by atoms with E-state index in [-0.39, 0.29) is 26.2 Å². The van der Waals surface area contributed by atoms with Gasteiger partial charge >= 0.3 is 26.2 Å². The van der Waals surface area contributed by atoms with Crippen molar-refractivity contribution in [1.29, 1.82) is 0 Å². The molecular formula is C19H19Zr. The Labute approximate surface area is 142 Å². The summed E-state index contributed by atoms with van der Waals surface area (Å²) >= 11 is 0. The zero-order chi connectivity index (χ0) is 13.8. The molecule has 0 bridgehead atoms. The first kappa shape index (κ1) is 18.4. The molecule has 0 saturated carbocycles. The van der Waals surface area contributed by atoms with Gasteiger partial charge in [-0.1, -0.05) is 12.1 Å². The molecule has 0 aliphatic rings. The third-order valence-electron chi connectivity index (χ3n) is 2.24. The van der Waals surface area contributed by atoms with Crippen LogP contribution in [0.3, 0.4) is 0 Å². The molecular weight excluding hydrogens is 319 g/mol. The Kier molecular flexibility index (Phi) is 11.5. The third kappa shape index (κ3) is 10.3. The van der Waals surface area contributed by atoms with E-state index >= 15 is 0 Å². The maximum Gasteiger partial charge on any atom is 3.00 e. The minimum absolute atomic E-state index is 0. The molecule has 20 heavy (non-hydrogen) atoms. The number of hydrogen-bond donors (Lipinski definition) is 0. The largest absolute Gasteiger partial charge is 3.00 e. The van der Waals surface area contributed by atoms with Crippen molar-refractivity contribution in [2.75, 3.05) is 0 Å². The smallest absolute Gasteiger partial charge is 0.214 e. The SMILES string of the molecule is [CH2-]c1ccccc1.[CH2-]c1ccccc1.[Zr+3].c1cc[cH-]c1. The molecule has 3 rings (SSSR count). The molecule has 0 unspecified atom stereocenters. The molecule has 0 aliphatic carbocycles. The van der Waals surface area contributed by atoms with Crippen LogP contribution in [0.4, 0.5) is 0 Å². The molecule has 1 heteroatoms. The predicted molar refractivity (Wildman–Crippen MR) is 83.8 cm³/mol. The molecule has 0 nitrogen and oxygen atoms in total. The van der Waals surface area contributed by atoms with Crippen molar-refractivity contribution >= 4 is 0 Å². The molecule has 0 spiro atoms. The summed E-state index contributed by atoms with van der Waals surface area (Å²) in [4.78, 5) is 0.